The summed E-state index contributed by atoms with van der Waals surface area (Å²) in [5.74, 6) is 0. The summed E-state index contributed by atoms with van der Waals surface area (Å²) in [5.41, 5.74) is 0.968. The van der Waals surface area contributed by atoms with Crippen molar-refractivity contribution < 1.29 is 8.42 Å². The van der Waals surface area contributed by atoms with E-state index in [1.807, 2.05) is 6.92 Å². The minimum atomic E-state index is -3.06. The number of halogens is 1. The van der Waals surface area contributed by atoms with Crippen LogP contribution in [0.3, 0.4) is 0 Å². The Morgan fingerprint density at radius 3 is 2.38 bits per heavy atom. The molecule has 0 amide bonds. The molecule has 0 aliphatic heterocycles. The zero-order valence-corrected chi connectivity index (χ0v) is 10.9. The summed E-state index contributed by atoms with van der Waals surface area (Å²) in [4.78, 5) is 0.466. The first kappa shape index (κ1) is 13.7. The van der Waals surface area contributed by atoms with Crippen LogP contribution in [-0.4, -0.2) is 13.7 Å². The third-order valence-electron chi connectivity index (χ3n) is 2.95. The van der Waals surface area contributed by atoms with E-state index in [1.165, 1.54) is 0 Å². The van der Waals surface area contributed by atoms with E-state index in [0.29, 0.717) is 4.90 Å². The van der Waals surface area contributed by atoms with E-state index >= 15 is 0 Å². The second-order valence-electron chi connectivity index (χ2n) is 4.01. The van der Waals surface area contributed by atoms with Gasteiger partial charge in [0.1, 0.15) is 0 Å². The molecule has 90 valence electrons. The highest BCUT2D eigenvalue weighted by Crippen LogP contribution is 2.32. The van der Waals surface area contributed by atoms with E-state index in [0.717, 1.165) is 29.3 Å². The van der Waals surface area contributed by atoms with Crippen molar-refractivity contribution in [3.63, 3.8) is 0 Å². The van der Waals surface area contributed by atoms with Crippen LogP contribution in [0.15, 0.2) is 27.6 Å². The molecule has 0 radical (unpaired) electrons. The van der Waals surface area contributed by atoms with E-state index in [1.54, 1.807) is 18.2 Å². The first-order chi connectivity index (χ1) is 7.01. The lowest BCUT2D eigenvalue weighted by Gasteiger charge is -2.25. The van der Waals surface area contributed by atoms with Crippen LogP contribution >= 0.6 is 15.9 Å². The largest absolute Gasteiger partial charge is 0.223 e. The Hall–Kier alpha value is -0.350. The Bertz CT molecular complexity index is 476. The lowest BCUT2D eigenvalue weighted by molar-refractivity contribution is 0.476. The third kappa shape index (κ3) is 2.33. The smallest absolute Gasteiger partial charge is 0.181 e. The molecular weight excluding hydrogens is 288 g/mol. The van der Waals surface area contributed by atoms with Gasteiger partial charge in [-0.25, -0.2) is 8.42 Å². The predicted octanol–water partition coefficient (Wildman–Crippen LogP) is 3.72. The summed E-state index contributed by atoms with van der Waals surface area (Å²) in [6.07, 6.45) is 2.67. The van der Waals surface area contributed by atoms with Crippen molar-refractivity contribution >= 4 is 25.8 Å². The molecule has 1 aromatic carbocycles. The number of hydrogen-bond acceptors (Lipinski definition) is 2. The Morgan fingerprint density at radius 2 is 1.94 bits per heavy atom. The molecule has 16 heavy (non-hydrogen) atoms. The predicted molar refractivity (Wildman–Crippen MR) is 70.4 cm³/mol. The van der Waals surface area contributed by atoms with E-state index in [-0.39, 0.29) is 12.7 Å². The summed E-state index contributed by atoms with van der Waals surface area (Å²) in [5, 5.41) is -0.141. The summed E-state index contributed by atoms with van der Waals surface area (Å²) >= 11 is 3.37. The van der Waals surface area contributed by atoms with Gasteiger partial charge in [-0.2, -0.15) is 0 Å². The molecule has 1 aliphatic rings. The Kier molecular flexibility index (Phi) is 4.18. The van der Waals surface area contributed by atoms with Crippen molar-refractivity contribution in [2.24, 2.45) is 0 Å². The van der Waals surface area contributed by atoms with Crippen LogP contribution in [0.5, 0.6) is 0 Å². The Balaban J connectivity index is 0.00000128. The molecule has 0 heterocycles. The zero-order chi connectivity index (χ0) is 11.1. The van der Waals surface area contributed by atoms with Gasteiger partial charge in [0.25, 0.3) is 0 Å². The standard InChI is InChI=1S/C11H13BrO2S.CH4/c1-8-7-10(5-6-11(8)12)15(13,14)9-3-2-4-9;/h5-7,9H,2-4H2,1H3;1H4. The van der Waals surface area contributed by atoms with Gasteiger partial charge in [0.2, 0.25) is 0 Å². The summed E-state index contributed by atoms with van der Waals surface area (Å²) < 4.78 is 25.1. The van der Waals surface area contributed by atoms with Gasteiger partial charge in [0.15, 0.2) is 9.84 Å². The molecule has 0 aromatic heterocycles. The molecule has 0 spiro atoms. The van der Waals surface area contributed by atoms with Crippen LogP contribution in [-0.2, 0) is 9.84 Å². The average Bonchev–Trinajstić information content (AvgIpc) is 2.05. The van der Waals surface area contributed by atoms with Gasteiger partial charge in [0.05, 0.1) is 10.1 Å². The second-order valence-corrected chi connectivity index (χ2v) is 7.09. The van der Waals surface area contributed by atoms with Crippen LogP contribution in [0, 0.1) is 6.92 Å². The maximum absolute atomic E-state index is 12.1. The minimum absolute atomic E-state index is 0. The molecule has 2 rings (SSSR count). The second kappa shape index (κ2) is 4.88. The molecule has 1 aliphatic carbocycles. The van der Waals surface area contributed by atoms with Crippen LogP contribution in [0.1, 0.15) is 32.3 Å². The van der Waals surface area contributed by atoms with Gasteiger partial charge in [-0.05, 0) is 43.5 Å². The van der Waals surface area contributed by atoms with Crippen molar-refractivity contribution in [3.8, 4) is 0 Å². The van der Waals surface area contributed by atoms with Gasteiger partial charge in [0, 0.05) is 4.47 Å². The molecule has 2 nitrogen and oxygen atoms in total. The van der Waals surface area contributed by atoms with E-state index < -0.39 is 9.84 Å². The highest BCUT2D eigenvalue weighted by molar-refractivity contribution is 9.10. The molecular formula is C12H17BrO2S. The maximum atomic E-state index is 12.1. The van der Waals surface area contributed by atoms with E-state index in [2.05, 4.69) is 15.9 Å². The van der Waals surface area contributed by atoms with Gasteiger partial charge in [-0.1, -0.05) is 29.8 Å². The minimum Gasteiger partial charge on any atom is -0.223 e. The highest BCUT2D eigenvalue weighted by Gasteiger charge is 2.32. The first-order valence-electron chi connectivity index (χ1n) is 5.02. The number of aryl methyl sites for hydroxylation is 1. The number of benzene rings is 1. The lowest BCUT2D eigenvalue weighted by atomic mass is 10.00. The third-order valence-corrected chi connectivity index (χ3v) is 6.10. The number of rotatable bonds is 2. The topological polar surface area (TPSA) is 34.1 Å². The van der Waals surface area contributed by atoms with Gasteiger partial charge in [-0.3, -0.25) is 0 Å². The average molecular weight is 305 g/mol. The number of hydrogen-bond donors (Lipinski definition) is 0. The zero-order valence-electron chi connectivity index (χ0n) is 8.53. The van der Waals surface area contributed by atoms with Gasteiger partial charge >= 0.3 is 0 Å². The first-order valence-corrected chi connectivity index (χ1v) is 7.36. The summed E-state index contributed by atoms with van der Waals surface area (Å²) in [7, 11) is -3.06. The SMILES string of the molecule is C.Cc1cc(S(=O)(=O)C2CCC2)ccc1Br. The van der Waals surface area contributed by atoms with E-state index in [4.69, 9.17) is 0 Å². The Morgan fingerprint density at radius 1 is 1.31 bits per heavy atom. The van der Waals surface area contributed by atoms with Crippen molar-refractivity contribution in [1.82, 2.24) is 0 Å². The molecule has 1 aromatic rings. The maximum Gasteiger partial charge on any atom is 0.181 e. The lowest BCUT2D eigenvalue weighted by Crippen LogP contribution is -2.28. The molecule has 0 bridgehead atoms. The monoisotopic (exact) mass is 304 g/mol. The normalized spacial score (nSPS) is 16.4. The molecule has 0 N–H and O–H groups in total. The van der Waals surface area contributed by atoms with Crippen molar-refractivity contribution in [2.75, 3.05) is 0 Å². The molecule has 1 fully saturated rings. The fraction of sp³-hybridized carbons (Fsp3) is 0.500. The quantitative estimate of drug-likeness (QED) is 0.834. The van der Waals surface area contributed by atoms with Gasteiger partial charge in [-0.15, -0.1) is 0 Å². The molecule has 0 atom stereocenters. The summed E-state index contributed by atoms with van der Waals surface area (Å²) in [6.45, 7) is 1.91. The van der Waals surface area contributed by atoms with Crippen LogP contribution < -0.4 is 0 Å². The van der Waals surface area contributed by atoms with Crippen molar-refractivity contribution in [2.45, 2.75) is 43.8 Å². The van der Waals surface area contributed by atoms with Crippen molar-refractivity contribution in [3.05, 3.63) is 28.2 Å². The highest BCUT2D eigenvalue weighted by atomic mass is 79.9. The number of sulfone groups is 1. The fourth-order valence-electron chi connectivity index (χ4n) is 1.67. The van der Waals surface area contributed by atoms with Crippen LogP contribution in [0.2, 0.25) is 0 Å². The molecule has 4 heteroatoms. The van der Waals surface area contributed by atoms with E-state index in [9.17, 15) is 8.42 Å². The van der Waals surface area contributed by atoms with Crippen LogP contribution in [0.25, 0.3) is 0 Å². The van der Waals surface area contributed by atoms with Crippen LogP contribution in [0.4, 0.5) is 0 Å². The van der Waals surface area contributed by atoms with Crippen molar-refractivity contribution in [1.29, 1.82) is 0 Å². The fourth-order valence-corrected chi connectivity index (χ4v) is 3.85. The molecule has 0 saturated heterocycles. The summed E-state index contributed by atoms with van der Waals surface area (Å²) in [6, 6.07) is 5.24. The van der Waals surface area contributed by atoms with Gasteiger partial charge < -0.3 is 0 Å². The molecule has 0 unspecified atom stereocenters. The Labute approximate surface area is 106 Å². The molecule has 1 saturated carbocycles.